The van der Waals surface area contributed by atoms with Gasteiger partial charge in [-0.05, 0) is 44.1 Å². The van der Waals surface area contributed by atoms with Gasteiger partial charge in [-0.15, -0.1) is 0 Å². The van der Waals surface area contributed by atoms with Crippen LogP contribution >= 0.6 is 12.2 Å². The van der Waals surface area contributed by atoms with E-state index in [1.807, 2.05) is 52.6 Å². The molecule has 0 fully saturated rings. The third-order valence-corrected chi connectivity index (χ3v) is 4.82. The molecule has 0 aliphatic carbocycles. The molecule has 0 aliphatic rings. The zero-order valence-corrected chi connectivity index (χ0v) is 16.3. The summed E-state index contributed by atoms with van der Waals surface area (Å²) in [6.45, 7) is 6.85. The highest BCUT2D eigenvalue weighted by Crippen LogP contribution is 2.20. The summed E-state index contributed by atoms with van der Waals surface area (Å²) < 4.78 is 6.24. The lowest BCUT2D eigenvalue weighted by Crippen LogP contribution is -2.13. The number of rotatable bonds is 5. The van der Waals surface area contributed by atoms with Gasteiger partial charge < -0.3 is 0 Å². The lowest BCUT2D eigenvalue weighted by atomic mass is 10.1. The van der Waals surface area contributed by atoms with E-state index in [0.717, 1.165) is 17.1 Å². The Hall–Kier alpha value is -3.00. The second kappa shape index (κ2) is 6.96. The molecule has 3 heterocycles. The molecular weight excluding hydrogens is 358 g/mol. The van der Waals surface area contributed by atoms with Gasteiger partial charge in [0.1, 0.15) is 6.04 Å². The van der Waals surface area contributed by atoms with Crippen LogP contribution in [0, 0.1) is 18.6 Å². The molecule has 0 aliphatic heterocycles. The van der Waals surface area contributed by atoms with Gasteiger partial charge in [-0.25, -0.2) is 0 Å². The summed E-state index contributed by atoms with van der Waals surface area (Å²) in [7, 11) is 0. The van der Waals surface area contributed by atoms with E-state index < -0.39 is 0 Å². The van der Waals surface area contributed by atoms with Crippen molar-refractivity contribution in [1.82, 2.24) is 34.3 Å². The number of aromatic amines is 1. The fourth-order valence-electron chi connectivity index (χ4n) is 3.04. The molecule has 0 spiro atoms. The number of hydrogen-bond donors (Lipinski definition) is 1. The summed E-state index contributed by atoms with van der Waals surface area (Å²) in [5.41, 5.74) is 4.43. The van der Waals surface area contributed by atoms with E-state index in [1.165, 1.54) is 11.1 Å². The molecule has 4 rings (SSSR count). The predicted octanol–water partition coefficient (Wildman–Crippen LogP) is 3.60. The zero-order valence-electron chi connectivity index (χ0n) is 15.5. The quantitative estimate of drug-likeness (QED) is 0.538. The van der Waals surface area contributed by atoms with Crippen LogP contribution in [-0.2, 0) is 6.54 Å². The standard InChI is InChI=1S/C19H21N7S/c1-13-4-6-16(7-5-13)11-24-12-17(9-20-24)26-18(22-23-19(26)27)15(3)25-10-14(2)8-21-25/h4-10,12,15H,11H2,1-3H3,(H,23,27)/t15-/m0/s1. The predicted molar refractivity (Wildman–Crippen MR) is 106 cm³/mol. The highest BCUT2D eigenvalue weighted by molar-refractivity contribution is 7.71. The Morgan fingerprint density at radius 3 is 2.52 bits per heavy atom. The molecule has 1 aromatic carbocycles. The van der Waals surface area contributed by atoms with Crippen molar-refractivity contribution in [3.05, 3.63) is 76.3 Å². The van der Waals surface area contributed by atoms with Gasteiger partial charge in [-0.1, -0.05) is 29.8 Å². The Labute approximate surface area is 162 Å². The van der Waals surface area contributed by atoms with Crippen LogP contribution in [0.1, 0.15) is 35.5 Å². The van der Waals surface area contributed by atoms with E-state index in [0.29, 0.717) is 11.3 Å². The van der Waals surface area contributed by atoms with Gasteiger partial charge in [0, 0.05) is 12.4 Å². The van der Waals surface area contributed by atoms with E-state index >= 15 is 0 Å². The van der Waals surface area contributed by atoms with Crippen LogP contribution in [0.5, 0.6) is 0 Å². The molecule has 4 aromatic rings. The topological polar surface area (TPSA) is 69.2 Å². The van der Waals surface area contributed by atoms with Crippen molar-refractivity contribution >= 4 is 12.2 Å². The average molecular weight is 379 g/mol. The van der Waals surface area contributed by atoms with Crippen LogP contribution in [0.4, 0.5) is 0 Å². The van der Waals surface area contributed by atoms with Crippen molar-refractivity contribution in [1.29, 1.82) is 0 Å². The van der Waals surface area contributed by atoms with Crippen molar-refractivity contribution in [3.8, 4) is 5.69 Å². The second-order valence-electron chi connectivity index (χ2n) is 6.78. The molecular formula is C19H21N7S. The third-order valence-electron chi connectivity index (χ3n) is 4.54. The van der Waals surface area contributed by atoms with E-state index in [-0.39, 0.29) is 6.04 Å². The zero-order chi connectivity index (χ0) is 19.0. The number of aromatic nitrogens is 7. The smallest absolute Gasteiger partial charge is 0.200 e. The minimum atomic E-state index is -0.0629. The average Bonchev–Trinajstić information content (AvgIpc) is 3.36. The highest BCUT2D eigenvalue weighted by Gasteiger charge is 2.18. The van der Waals surface area contributed by atoms with Gasteiger partial charge >= 0.3 is 0 Å². The van der Waals surface area contributed by atoms with Crippen molar-refractivity contribution in [2.24, 2.45) is 0 Å². The van der Waals surface area contributed by atoms with Crippen LogP contribution in [-0.4, -0.2) is 34.3 Å². The monoisotopic (exact) mass is 379 g/mol. The first kappa shape index (κ1) is 17.4. The SMILES string of the molecule is Cc1ccc(Cn2cc(-n3c([C@H](C)n4cc(C)cn4)n[nH]c3=S)cn2)cc1. The number of benzene rings is 1. The van der Waals surface area contributed by atoms with Gasteiger partial charge in [-0.2, -0.15) is 15.3 Å². The van der Waals surface area contributed by atoms with Gasteiger partial charge in [0.05, 0.1) is 24.6 Å². The van der Waals surface area contributed by atoms with E-state index in [2.05, 4.69) is 51.6 Å². The molecule has 1 N–H and O–H groups in total. The number of H-pyrrole nitrogens is 1. The van der Waals surface area contributed by atoms with Crippen LogP contribution in [0.2, 0.25) is 0 Å². The number of nitrogens with one attached hydrogen (secondary N) is 1. The molecule has 3 aromatic heterocycles. The Kier molecular flexibility index (Phi) is 4.49. The number of aryl methyl sites for hydroxylation is 2. The van der Waals surface area contributed by atoms with Crippen molar-refractivity contribution in [2.45, 2.75) is 33.4 Å². The largest absolute Gasteiger partial charge is 0.267 e. The van der Waals surface area contributed by atoms with Gasteiger partial charge in [0.2, 0.25) is 0 Å². The van der Waals surface area contributed by atoms with Crippen LogP contribution < -0.4 is 0 Å². The van der Waals surface area contributed by atoms with E-state index in [1.54, 1.807) is 0 Å². The lowest BCUT2D eigenvalue weighted by Gasteiger charge is -2.12. The second-order valence-corrected chi connectivity index (χ2v) is 7.16. The maximum Gasteiger partial charge on any atom is 0.200 e. The maximum absolute atomic E-state index is 5.46. The number of hydrogen-bond acceptors (Lipinski definition) is 4. The Bertz CT molecular complexity index is 1110. The fraction of sp³-hybridized carbons (Fsp3) is 0.263. The first-order valence-electron chi connectivity index (χ1n) is 8.78. The molecule has 0 bridgehead atoms. The van der Waals surface area contributed by atoms with Crippen LogP contribution in [0.25, 0.3) is 5.69 Å². The molecule has 27 heavy (non-hydrogen) atoms. The van der Waals surface area contributed by atoms with Gasteiger partial charge in [-0.3, -0.25) is 19.0 Å². The molecule has 8 heteroatoms. The molecule has 0 saturated heterocycles. The van der Waals surface area contributed by atoms with Crippen LogP contribution in [0.3, 0.4) is 0 Å². The van der Waals surface area contributed by atoms with Crippen molar-refractivity contribution in [2.75, 3.05) is 0 Å². The third kappa shape index (κ3) is 3.48. The Balaban J connectivity index is 1.64. The summed E-state index contributed by atoms with van der Waals surface area (Å²) in [6, 6.07) is 8.39. The minimum absolute atomic E-state index is 0.0629. The van der Waals surface area contributed by atoms with Crippen molar-refractivity contribution < 1.29 is 0 Å². The van der Waals surface area contributed by atoms with E-state index in [4.69, 9.17) is 12.2 Å². The summed E-state index contributed by atoms with van der Waals surface area (Å²) in [5.74, 6) is 0.790. The molecule has 7 nitrogen and oxygen atoms in total. The maximum atomic E-state index is 5.46. The summed E-state index contributed by atoms with van der Waals surface area (Å²) in [6.07, 6.45) is 7.62. The molecule has 0 radical (unpaired) electrons. The lowest BCUT2D eigenvalue weighted by molar-refractivity contribution is 0.527. The Morgan fingerprint density at radius 2 is 1.81 bits per heavy atom. The fourth-order valence-corrected chi connectivity index (χ4v) is 3.28. The first-order valence-corrected chi connectivity index (χ1v) is 9.18. The molecule has 0 saturated carbocycles. The van der Waals surface area contributed by atoms with Gasteiger partial charge in [0.15, 0.2) is 10.6 Å². The molecule has 0 amide bonds. The number of nitrogens with zero attached hydrogens (tertiary/aromatic N) is 6. The minimum Gasteiger partial charge on any atom is -0.267 e. The normalized spacial score (nSPS) is 12.4. The summed E-state index contributed by atoms with van der Waals surface area (Å²) in [5, 5.41) is 16.2. The highest BCUT2D eigenvalue weighted by atomic mass is 32.1. The Morgan fingerprint density at radius 1 is 1.04 bits per heavy atom. The van der Waals surface area contributed by atoms with Crippen molar-refractivity contribution in [3.63, 3.8) is 0 Å². The molecule has 1 atom stereocenters. The summed E-state index contributed by atoms with van der Waals surface area (Å²) in [4.78, 5) is 0. The molecule has 0 unspecified atom stereocenters. The molecule has 138 valence electrons. The van der Waals surface area contributed by atoms with E-state index in [9.17, 15) is 0 Å². The van der Waals surface area contributed by atoms with Crippen LogP contribution in [0.15, 0.2) is 49.1 Å². The summed E-state index contributed by atoms with van der Waals surface area (Å²) >= 11 is 5.46. The van der Waals surface area contributed by atoms with Gasteiger partial charge in [0.25, 0.3) is 0 Å². The first-order chi connectivity index (χ1) is 13.0.